The minimum Gasteiger partial charge on any atom is -0.404 e. The molecular formula is C10H20O3Si. The van der Waals surface area contributed by atoms with E-state index in [2.05, 4.69) is 0 Å². The van der Waals surface area contributed by atoms with Gasteiger partial charge in [0.1, 0.15) is 16.8 Å². The van der Waals surface area contributed by atoms with Crippen molar-refractivity contribution in [2.45, 2.75) is 51.1 Å². The van der Waals surface area contributed by atoms with Crippen LogP contribution in [-0.2, 0) is 13.9 Å². The van der Waals surface area contributed by atoms with E-state index >= 15 is 0 Å². The van der Waals surface area contributed by atoms with Crippen molar-refractivity contribution in [2.24, 2.45) is 5.92 Å². The minimum atomic E-state index is -0.00446. The summed E-state index contributed by atoms with van der Waals surface area (Å²) in [5.74, 6) is 0.819. The molecule has 4 atom stereocenters. The fourth-order valence-corrected chi connectivity index (χ4v) is 2.35. The Morgan fingerprint density at radius 3 is 3.00 bits per heavy atom. The molecule has 0 amide bonds. The molecule has 1 aliphatic heterocycles. The number of epoxide rings is 1. The fraction of sp³-hybridized carbons (Fsp3) is 1.00. The number of fused-ring (bicyclic) bond motifs is 1. The SMILES string of the molecule is CC(O[SiH3])OCCC1CCC2OC2C1. The Bertz CT molecular complexity index is 188. The predicted molar refractivity (Wildman–Crippen MR) is 57.1 cm³/mol. The van der Waals surface area contributed by atoms with Crippen molar-refractivity contribution in [3.63, 3.8) is 0 Å². The summed E-state index contributed by atoms with van der Waals surface area (Å²) in [5, 5.41) is 0. The van der Waals surface area contributed by atoms with E-state index < -0.39 is 0 Å². The van der Waals surface area contributed by atoms with Crippen LogP contribution >= 0.6 is 0 Å². The lowest BCUT2D eigenvalue weighted by Gasteiger charge is -2.19. The van der Waals surface area contributed by atoms with Crippen molar-refractivity contribution in [2.75, 3.05) is 6.61 Å². The molecule has 2 rings (SSSR count). The van der Waals surface area contributed by atoms with Crippen LogP contribution in [0.5, 0.6) is 0 Å². The lowest BCUT2D eigenvalue weighted by atomic mass is 9.87. The third-order valence-corrected chi connectivity index (χ3v) is 3.99. The van der Waals surface area contributed by atoms with Gasteiger partial charge in [0, 0.05) is 6.61 Å². The molecule has 1 heterocycles. The summed E-state index contributed by atoms with van der Waals surface area (Å²) in [6.07, 6.45) is 6.22. The van der Waals surface area contributed by atoms with Crippen molar-refractivity contribution in [3.05, 3.63) is 0 Å². The highest BCUT2D eigenvalue weighted by Crippen LogP contribution is 2.40. The quantitative estimate of drug-likeness (QED) is 0.383. The Labute approximate surface area is 88.6 Å². The Morgan fingerprint density at radius 1 is 1.43 bits per heavy atom. The maximum Gasteiger partial charge on any atom is 0.149 e. The normalized spacial score (nSPS) is 37.9. The molecule has 1 aliphatic carbocycles. The van der Waals surface area contributed by atoms with Gasteiger partial charge in [-0.1, -0.05) is 0 Å². The number of hydrogen-bond donors (Lipinski definition) is 0. The number of ether oxygens (including phenoxy) is 2. The summed E-state index contributed by atoms with van der Waals surface area (Å²) in [5.41, 5.74) is 0. The molecule has 82 valence electrons. The molecule has 0 spiro atoms. The Balaban J connectivity index is 1.56. The van der Waals surface area contributed by atoms with E-state index in [4.69, 9.17) is 13.9 Å². The van der Waals surface area contributed by atoms with E-state index in [1.54, 1.807) is 0 Å². The summed E-state index contributed by atoms with van der Waals surface area (Å²) in [6.45, 7) is 2.80. The number of hydrogen-bond acceptors (Lipinski definition) is 3. The van der Waals surface area contributed by atoms with Gasteiger partial charge in [0.15, 0.2) is 0 Å². The van der Waals surface area contributed by atoms with Gasteiger partial charge in [0.05, 0.1) is 12.2 Å². The first-order valence-corrected chi connectivity index (χ1v) is 6.41. The minimum absolute atomic E-state index is 0.00446. The van der Waals surface area contributed by atoms with Crippen LogP contribution in [-0.4, -0.2) is 35.6 Å². The van der Waals surface area contributed by atoms with E-state index in [0.29, 0.717) is 12.2 Å². The van der Waals surface area contributed by atoms with Crippen molar-refractivity contribution in [1.29, 1.82) is 0 Å². The zero-order valence-electron chi connectivity index (χ0n) is 9.07. The first-order valence-electron chi connectivity index (χ1n) is 5.59. The highest BCUT2D eigenvalue weighted by Gasteiger charge is 2.43. The maximum absolute atomic E-state index is 5.51. The van der Waals surface area contributed by atoms with Crippen LogP contribution in [0.25, 0.3) is 0 Å². The van der Waals surface area contributed by atoms with Crippen LogP contribution in [0.2, 0.25) is 0 Å². The molecule has 2 fully saturated rings. The Kier molecular flexibility index (Phi) is 3.60. The second-order valence-electron chi connectivity index (χ2n) is 4.35. The molecule has 1 saturated heterocycles. The van der Waals surface area contributed by atoms with Gasteiger partial charge in [-0.25, -0.2) is 0 Å². The van der Waals surface area contributed by atoms with Gasteiger partial charge in [-0.3, -0.25) is 0 Å². The molecule has 0 aromatic rings. The van der Waals surface area contributed by atoms with Crippen molar-refractivity contribution in [1.82, 2.24) is 0 Å². The summed E-state index contributed by atoms with van der Waals surface area (Å²) in [4.78, 5) is 0. The highest BCUT2D eigenvalue weighted by molar-refractivity contribution is 5.98. The molecule has 1 saturated carbocycles. The van der Waals surface area contributed by atoms with Crippen LogP contribution < -0.4 is 0 Å². The zero-order chi connectivity index (χ0) is 9.97. The zero-order valence-corrected chi connectivity index (χ0v) is 11.1. The third kappa shape index (κ3) is 2.79. The summed E-state index contributed by atoms with van der Waals surface area (Å²) < 4.78 is 16.2. The molecule has 0 aromatic carbocycles. The second-order valence-corrected chi connectivity index (χ2v) is 4.83. The maximum atomic E-state index is 5.51. The van der Waals surface area contributed by atoms with Gasteiger partial charge < -0.3 is 13.9 Å². The van der Waals surface area contributed by atoms with Crippen LogP contribution in [0.1, 0.15) is 32.6 Å². The standard InChI is InChI=1S/C10H20O3Si/c1-7(13-14)11-5-4-8-2-3-9-10(6-8)12-9/h7-10H,2-6H2,1,14H3. The highest BCUT2D eigenvalue weighted by atomic mass is 28.2. The largest absolute Gasteiger partial charge is 0.404 e. The van der Waals surface area contributed by atoms with E-state index in [9.17, 15) is 0 Å². The van der Waals surface area contributed by atoms with Crippen LogP contribution in [0.3, 0.4) is 0 Å². The lowest BCUT2D eigenvalue weighted by molar-refractivity contribution is -0.0673. The average Bonchev–Trinajstić information content (AvgIpc) is 2.95. The van der Waals surface area contributed by atoms with E-state index in [-0.39, 0.29) is 6.29 Å². The molecule has 14 heavy (non-hydrogen) atoms. The van der Waals surface area contributed by atoms with Gasteiger partial charge in [0.2, 0.25) is 0 Å². The van der Waals surface area contributed by atoms with Crippen molar-refractivity contribution < 1.29 is 13.9 Å². The fourth-order valence-electron chi connectivity index (χ4n) is 2.22. The van der Waals surface area contributed by atoms with E-state index in [1.807, 2.05) is 6.92 Å². The summed E-state index contributed by atoms with van der Waals surface area (Å²) >= 11 is 0. The first-order chi connectivity index (χ1) is 6.79. The van der Waals surface area contributed by atoms with E-state index in [0.717, 1.165) is 23.0 Å². The Hall–Kier alpha value is 0.0969. The van der Waals surface area contributed by atoms with Gasteiger partial charge in [-0.15, -0.1) is 0 Å². The van der Waals surface area contributed by atoms with Crippen LogP contribution in [0, 0.1) is 5.92 Å². The molecule has 4 heteroatoms. The van der Waals surface area contributed by atoms with Crippen molar-refractivity contribution in [3.8, 4) is 0 Å². The molecule has 2 aliphatic rings. The van der Waals surface area contributed by atoms with Gasteiger partial charge in [-0.2, -0.15) is 0 Å². The van der Waals surface area contributed by atoms with E-state index in [1.165, 1.54) is 25.7 Å². The second kappa shape index (κ2) is 4.75. The summed E-state index contributed by atoms with van der Waals surface area (Å²) in [6, 6.07) is 0. The summed E-state index contributed by atoms with van der Waals surface area (Å²) in [7, 11) is 0.758. The Morgan fingerprint density at radius 2 is 2.29 bits per heavy atom. The third-order valence-electron chi connectivity index (χ3n) is 3.32. The molecule has 3 nitrogen and oxygen atoms in total. The molecular weight excluding hydrogens is 196 g/mol. The molecule has 0 aromatic heterocycles. The lowest BCUT2D eigenvalue weighted by Crippen LogP contribution is -2.18. The topological polar surface area (TPSA) is 31.0 Å². The molecule has 0 N–H and O–H groups in total. The van der Waals surface area contributed by atoms with Gasteiger partial charge in [0.25, 0.3) is 0 Å². The smallest absolute Gasteiger partial charge is 0.149 e. The van der Waals surface area contributed by atoms with Gasteiger partial charge >= 0.3 is 0 Å². The van der Waals surface area contributed by atoms with Crippen LogP contribution in [0.15, 0.2) is 0 Å². The predicted octanol–water partition coefficient (Wildman–Crippen LogP) is 0.604. The monoisotopic (exact) mass is 216 g/mol. The molecule has 0 radical (unpaired) electrons. The average molecular weight is 216 g/mol. The molecule has 4 unspecified atom stereocenters. The van der Waals surface area contributed by atoms with Gasteiger partial charge in [-0.05, 0) is 38.5 Å². The molecule has 0 bridgehead atoms. The van der Waals surface area contributed by atoms with Crippen LogP contribution in [0.4, 0.5) is 0 Å². The first kappa shape index (κ1) is 10.6. The number of rotatable bonds is 5. The van der Waals surface area contributed by atoms with Crippen molar-refractivity contribution >= 4 is 10.5 Å².